The predicted octanol–water partition coefficient (Wildman–Crippen LogP) is 6.63. The number of carboxylic acids is 1. The van der Waals surface area contributed by atoms with Crippen molar-refractivity contribution in [2.75, 3.05) is 30.4 Å². The highest BCUT2D eigenvalue weighted by Gasteiger charge is 2.52. The average molecular weight is 618 g/mol. The van der Waals surface area contributed by atoms with Crippen molar-refractivity contribution in [3.8, 4) is 0 Å². The van der Waals surface area contributed by atoms with E-state index in [1.807, 2.05) is 18.7 Å². The highest BCUT2D eigenvalue weighted by molar-refractivity contribution is 6.31. The second-order valence-electron chi connectivity index (χ2n) is 9.93. The largest absolute Gasteiger partial charge is 0.478 e. The first-order valence-corrected chi connectivity index (χ1v) is 14.5. The van der Waals surface area contributed by atoms with Crippen LogP contribution >= 0.6 is 23.2 Å². The Labute approximate surface area is 255 Å². The van der Waals surface area contributed by atoms with Crippen molar-refractivity contribution < 1.29 is 23.9 Å². The molecule has 0 radical (unpaired) electrons. The van der Waals surface area contributed by atoms with E-state index in [2.05, 4.69) is 16.9 Å². The minimum Gasteiger partial charge on any atom is -0.478 e. The molecule has 1 aliphatic carbocycles. The van der Waals surface area contributed by atoms with E-state index in [4.69, 9.17) is 23.2 Å². The van der Waals surface area contributed by atoms with E-state index in [0.29, 0.717) is 28.9 Å². The summed E-state index contributed by atoms with van der Waals surface area (Å²) in [7, 11) is 1.54. The molecule has 1 saturated carbocycles. The van der Waals surface area contributed by atoms with E-state index in [0.717, 1.165) is 25.1 Å². The fourth-order valence-electron chi connectivity index (χ4n) is 4.94. The van der Waals surface area contributed by atoms with Gasteiger partial charge in [0.15, 0.2) is 0 Å². The molecule has 224 valence electrons. The molecule has 2 aromatic rings. The molecule has 11 heteroatoms. The van der Waals surface area contributed by atoms with E-state index in [9.17, 15) is 19.5 Å². The molecule has 1 saturated heterocycles. The number of aromatic carboxylic acids is 1. The molecular weight excluding hydrogens is 582 g/mol. The van der Waals surface area contributed by atoms with Gasteiger partial charge in [-0.25, -0.2) is 14.2 Å². The Kier molecular flexibility index (Phi) is 11.8. The number of carbonyl (C=O) groups is 3. The quantitative estimate of drug-likeness (QED) is 0.230. The number of benzene rings is 2. The molecule has 0 bridgehead atoms. The van der Waals surface area contributed by atoms with Crippen LogP contribution in [0.5, 0.6) is 0 Å². The topological polar surface area (TPSA) is 102 Å². The van der Waals surface area contributed by atoms with Crippen LogP contribution in [0.15, 0.2) is 77.2 Å². The van der Waals surface area contributed by atoms with Gasteiger partial charge in [-0.15, -0.1) is 0 Å². The van der Waals surface area contributed by atoms with E-state index >= 15 is 4.39 Å². The first-order valence-electron chi connectivity index (χ1n) is 13.7. The Morgan fingerprint density at radius 3 is 2.43 bits per heavy atom. The lowest BCUT2D eigenvalue weighted by Crippen LogP contribution is -2.44. The minimum atomic E-state index is -1.12. The molecule has 4 rings (SSSR count). The van der Waals surface area contributed by atoms with Crippen LogP contribution in [-0.4, -0.2) is 60.2 Å². The fraction of sp³-hybridized carbons (Fsp3) is 0.355. The van der Waals surface area contributed by atoms with Gasteiger partial charge in [-0.1, -0.05) is 49.7 Å². The zero-order valence-electron chi connectivity index (χ0n) is 23.8. The molecule has 1 aliphatic heterocycles. The van der Waals surface area contributed by atoms with Gasteiger partial charge < -0.3 is 15.3 Å². The van der Waals surface area contributed by atoms with Crippen LogP contribution in [0.4, 0.5) is 15.8 Å². The molecule has 2 aromatic carbocycles. The summed E-state index contributed by atoms with van der Waals surface area (Å²) in [6.45, 7) is 8.16. The van der Waals surface area contributed by atoms with Crippen molar-refractivity contribution in [1.82, 2.24) is 4.90 Å². The van der Waals surface area contributed by atoms with Crippen LogP contribution in [0.3, 0.4) is 0 Å². The Balaban J connectivity index is 0.00000237. The number of nitrogens with zero attached hydrogens (tertiary/aromatic N) is 3. The van der Waals surface area contributed by atoms with Crippen LogP contribution in [0, 0.1) is 17.8 Å². The van der Waals surface area contributed by atoms with Crippen LogP contribution in [0.25, 0.3) is 0 Å². The predicted molar refractivity (Wildman–Crippen MR) is 166 cm³/mol. The number of anilines is 2. The van der Waals surface area contributed by atoms with Crippen molar-refractivity contribution in [3.05, 3.63) is 82.8 Å². The Morgan fingerprint density at radius 2 is 1.86 bits per heavy atom. The number of halogens is 3. The number of rotatable bonds is 10. The standard InChI is InChI=1S/C29H29Cl2FN4O4.C2H6/c1-17(30)33-13-12-24(32)25-23(28(38)35(2)22-10-8-19(9-11-22)29(39)40)16-36(15-18-6-7-18)26(25)27(37)34-21-5-3-4-20(31)14-21;1-2/h3-5,8-14,18,23,25-26H,1,6-7,15-16H2,2H3,(H,34,37)(H,39,40);1-2H3/b24-12-,33-13-;/t23-,25?,26?;/m1./s1. The summed E-state index contributed by atoms with van der Waals surface area (Å²) < 4.78 is 15.9. The third kappa shape index (κ3) is 8.50. The summed E-state index contributed by atoms with van der Waals surface area (Å²) >= 11 is 11.8. The number of carbonyl (C=O) groups excluding carboxylic acids is 2. The Morgan fingerprint density at radius 1 is 1.19 bits per heavy atom. The normalized spacial score (nSPS) is 20.5. The molecule has 8 nitrogen and oxygen atoms in total. The van der Waals surface area contributed by atoms with E-state index in [1.165, 1.54) is 29.2 Å². The molecule has 2 N–H and O–H groups in total. The fourth-order valence-corrected chi connectivity index (χ4v) is 5.18. The molecule has 0 spiro atoms. The van der Waals surface area contributed by atoms with Gasteiger partial charge in [-0.3, -0.25) is 14.5 Å². The van der Waals surface area contributed by atoms with Crippen molar-refractivity contribution in [3.63, 3.8) is 0 Å². The van der Waals surface area contributed by atoms with Gasteiger partial charge >= 0.3 is 5.97 Å². The maximum atomic E-state index is 15.9. The molecule has 2 unspecified atom stereocenters. The highest BCUT2D eigenvalue weighted by Crippen LogP contribution is 2.41. The number of hydrogen-bond donors (Lipinski definition) is 2. The number of nitrogens with one attached hydrogen (secondary N) is 1. The van der Waals surface area contributed by atoms with Crippen LogP contribution in [0.2, 0.25) is 5.02 Å². The van der Waals surface area contributed by atoms with E-state index < -0.39 is 41.5 Å². The zero-order chi connectivity index (χ0) is 31.0. The summed E-state index contributed by atoms with van der Waals surface area (Å²) in [4.78, 5) is 45.8. The lowest BCUT2D eigenvalue weighted by atomic mass is 9.87. The summed E-state index contributed by atoms with van der Waals surface area (Å²) in [5, 5.41) is 12.4. The Hall–Kier alpha value is -3.53. The van der Waals surface area contributed by atoms with Gasteiger partial charge in [0, 0.05) is 48.7 Å². The second kappa shape index (κ2) is 15.1. The molecule has 2 aliphatic rings. The molecular formula is C31H35Cl2FN4O4. The van der Waals surface area contributed by atoms with Crippen LogP contribution in [0.1, 0.15) is 37.0 Å². The van der Waals surface area contributed by atoms with Gasteiger partial charge in [0.25, 0.3) is 0 Å². The van der Waals surface area contributed by atoms with E-state index in [1.54, 1.807) is 31.3 Å². The summed E-state index contributed by atoms with van der Waals surface area (Å²) in [6.07, 6.45) is 4.25. The second-order valence-corrected chi connectivity index (χ2v) is 10.8. The molecule has 3 atom stereocenters. The first kappa shape index (κ1) is 33.0. The van der Waals surface area contributed by atoms with Crippen molar-refractivity contribution in [1.29, 1.82) is 0 Å². The van der Waals surface area contributed by atoms with Gasteiger partial charge in [0.2, 0.25) is 11.8 Å². The lowest BCUT2D eigenvalue weighted by molar-refractivity contribution is -0.123. The van der Waals surface area contributed by atoms with Gasteiger partial charge in [-0.05, 0) is 67.3 Å². The molecule has 2 amide bonds. The maximum Gasteiger partial charge on any atom is 0.335 e. The van der Waals surface area contributed by atoms with Crippen molar-refractivity contribution >= 4 is 58.6 Å². The molecule has 2 fully saturated rings. The number of likely N-dealkylation sites (tertiary alicyclic amines) is 1. The monoisotopic (exact) mass is 616 g/mol. The maximum absolute atomic E-state index is 15.9. The van der Waals surface area contributed by atoms with Gasteiger partial charge in [0.05, 0.1) is 17.5 Å². The number of amides is 2. The summed E-state index contributed by atoms with van der Waals surface area (Å²) in [5.74, 6) is -4.32. The number of allylic oxidation sites excluding steroid dienone is 1. The van der Waals surface area contributed by atoms with Crippen molar-refractivity contribution in [2.45, 2.75) is 32.7 Å². The van der Waals surface area contributed by atoms with Crippen LogP contribution in [-0.2, 0) is 9.59 Å². The number of carboxylic acid groups (broad SMARTS) is 1. The van der Waals surface area contributed by atoms with E-state index in [-0.39, 0.29) is 17.3 Å². The zero-order valence-corrected chi connectivity index (χ0v) is 25.3. The number of aliphatic imine (C=N–C) groups is 1. The average Bonchev–Trinajstić information content (AvgIpc) is 3.70. The first-order chi connectivity index (χ1) is 20.0. The molecule has 42 heavy (non-hydrogen) atoms. The smallest absolute Gasteiger partial charge is 0.335 e. The highest BCUT2D eigenvalue weighted by atomic mass is 35.5. The van der Waals surface area contributed by atoms with Crippen molar-refractivity contribution in [2.24, 2.45) is 22.7 Å². The minimum absolute atomic E-state index is 0.0433. The SMILES string of the molecule is C=C(Cl)/N=C\C=C(/F)C1C(C(=O)Nc2cccc(Cl)c2)N(CC2CC2)C[C@H]1C(=O)N(C)c1ccc(C(=O)O)cc1.CC. The lowest BCUT2D eigenvalue weighted by Gasteiger charge is -2.27. The number of hydrogen-bond acceptors (Lipinski definition) is 5. The Bertz CT molecular complexity index is 1360. The summed E-state index contributed by atoms with van der Waals surface area (Å²) in [5.41, 5.74) is 0.974. The summed E-state index contributed by atoms with van der Waals surface area (Å²) in [6, 6.07) is 11.5. The molecule has 1 heterocycles. The third-order valence-corrected chi connectivity index (χ3v) is 7.40. The third-order valence-electron chi connectivity index (χ3n) is 7.06. The molecule has 0 aromatic heterocycles. The van der Waals surface area contributed by atoms with Gasteiger partial charge in [0.1, 0.15) is 11.0 Å². The van der Waals surface area contributed by atoms with Crippen LogP contribution < -0.4 is 10.2 Å². The van der Waals surface area contributed by atoms with Gasteiger partial charge in [-0.2, -0.15) is 0 Å².